The Labute approximate surface area is 122 Å². The standard InChI is InChI=1S/C13H16ClN3O3/c1-15(2)9-6-7-16(8-9)13(18)10-4-3-5-11(14)12(10)17(19)20/h3-5,9H,6-8H2,1-2H3. The highest BCUT2D eigenvalue weighted by Gasteiger charge is 2.32. The van der Waals surface area contributed by atoms with E-state index in [0.717, 1.165) is 6.42 Å². The van der Waals surface area contributed by atoms with Crippen LogP contribution in [0.3, 0.4) is 0 Å². The Hall–Kier alpha value is -1.66. The van der Waals surface area contributed by atoms with E-state index < -0.39 is 4.92 Å². The minimum atomic E-state index is -0.602. The van der Waals surface area contributed by atoms with Crippen LogP contribution in [0.25, 0.3) is 0 Å². The average Bonchev–Trinajstić information content (AvgIpc) is 2.86. The zero-order valence-electron chi connectivity index (χ0n) is 11.4. The van der Waals surface area contributed by atoms with Gasteiger partial charge in [0.2, 0.25) is 0 Å². The van der Waals surface area contributed by atoms with Crippen molar-refractivity contribution in [3.63, 3.8) is 0 Å². The number of nitro benzene ring substituents is 1. The second kappa shape index (κ2) is 5.76. The molecule has 1 atom stereocenters. The lowest BCUT2D eigenvalue weighted by molar-refractivity contribution is -0.385. The van der Waals surface area contributed by atoms with Gasteiger partial charge in [-0.3, -0.25) is 14.9 Å². The summed E-state index contributed by atoms with van der Waals surface area (Å²) in [5.74, 6) is -0.330. The van der Waals surface area contributed by atoms with Gasteiger partial charge in [0.05, 0.1) is 4.92 Å². The minimum Gasteiger partial charge on any atom is -0.337 e. The van der Waals surface area contributed by atoms with E-state index in [1.807, 2.05) is 14.1 Å². The molecule has 0 radical (unpaired) electrons. The molecule has 1 aliphatic heterocycles. The molecule has 0 spiro atoms. The van der Waals surface area contributed by atoms with Crippen LogP contribution < -0.4 is 0 Å². The zero-order valence-corrected chi connectivity index (χ0v) is 12.1. The average molecular weight is 298 g/mol. The predicted molar refractivity (Wildman–Crippen MR) is 76.1 cm³/mol. The van der Waals surface area contributed by atoms with Crippen LogP contribution >= 0.6 is 11.6 Å². The summed E-state index contributed by atoms with van der Waals surface area (Å²) in [5, 5.41) is 11.1. The van der Waals surface area contributed by atoms with Gasteiger partial charge in [-0.2, -0.15) is 0 Å². The van der Waals surface area contributed by atoms with Gasteiger partial charge in [-0.25, -0.2) is 0 Å². The second-order valence-corrected chi connectivity index (χ2v) is 5.46. The molecule has 20 heavy (non-hydrogen) atoms. The van der Waals surface area contributed by atoms with Crippen molar-refractivity contribution in [2.75, 3.05) is 27.2 Å². The maximum Gasteiger partial charge on any atom is 0.300 e. The van der Waals surface area contributed by atoms with Gasteiger partial charge in [-0.1, -0.05) is 17.7 Å². The molecular weight excluding hydrogens is 282 g/mol. The number of hydrogen-bond acceptors (Lipinski definition) is 4. The van der Waals surface area contributed by atoms with Crippen molar-refractivity contribution in [3.05, 3.63) is 38.9 Å². The number of nitrogens with zero attached hydrogens (tertiary/aromatic N) is 3. The van der Waals surface area contributed by atoms with Crippen molar-refractivity contribution in [3.8, 4) is 0 Å². The minimum absolute atomic E-state index is 0.00999. The first kappa shape index (κ1) is 14.7. The van der Waals surface area contributed by atoms with Crippen molar-refractivity contribution >= 4 is 23.2 Å². The topological polar surface area (TPSA) is 66.7 Å². The van der Waals surface area contributed by atoms with Gasteiger partial charge < -0.3 is 9.80 Å². The molecule has 1 saturated heterocycles. The third kappa shape index (κ3) is 2.76. The van der Waals surface area contributed by atoms with Crippen LogP contribution in [0.4, 0.5) is 5.69 Å². The van der Waals surface area contributed by atoms with E-state index in [-0.39, 0.29) is 28.2 Å². The first-order valence-electron chi connectivity index (χ1n) is 6.30. The van der Waals surface area contributed by atoms with Crippen LogP contribution in [0.5, 0.6) is 0 Å². The van der Waals surface area contributed by atoms with Crippen molar-refractivity contribution < 1.29 is 9.72 Å². The number of likely N-dealkylation sites (tertiary alicyclic amines) is 1. The number of nitro groups is 1. The Morgan fingerprint density at radius 2 is 2.20 bits per heavy atom. The molecule has 1 aliphatic rings. The number of para-hydroxylation sites is 1. The molecule has 108 valence electrons. The van der Waals surface area contributed by atoms with Gasteiger partial charge in [0, 0.05) is 19.1 Å². The lowest BCUT2D eigenvalue weighted by Gasteiger charge is -2.20. The molecule has 0 N–H and O–H groups in total. The smallest absolute Gasteiger partial charge is 0.300 e. The fourth-order valence-electron chi connectivity index (χ4n) is 2.39. The molecule has 1 aromatic rings. The largest absolute Gasteiger partial charge is 0.337 e. The van der Waals surface area contributed by atoms with Crippen LogP contribution in [0.1, 0.15) is 16.8 Å². The maximum atomic E-state index is 12.4. The Bertz CT molecular complexity index is 548. The Morgan fingerprint density at radius 3 is 2.75 bits per heavy atom. The van der Waals surface area contributed by atoms with Crippen LogP contribution in [0, 0.1) is 10.1 Å². The second-order valence-electron chi connectivity index (χ2n) is 5.05. The van der Waals surface area contributed by atoms with Crippen LogP contribution in [0.15, 0.2) is 18.2 Å². The van der Waals surface area contributed by atoms with Gasteiger partial charge >= 0.3 is 5.69 Å². The molecule has 6 nitrogen and oxygen atoms in total. The number of carbonyl (C=O) groups excluding carboxylic acids is 1. The number of rotatable bonds is 3. The number of hydrogen-bond donors (Lipinski definition) is 0. The monoisotopic (exact) mass is 297 g/mol. The molecule has 1 unspecified atom stereocenters. The van der Waals surface area contributed by atoms with Crippen LogP contribution in [0.2, 0.25) is 5.02 Å². The summed E-state index contributed by atoms with van der Waals surface area (Å²) >= 11 is 5.83. The summed E-state index contributed by atoms with van der Waals surface area (Å²) in [5.41, 5.74) is -0.255. The number of carbonyl (C=O) groups is 1. The van der Waals surface area contributed by atoms with Gasteiger partial charge in [0.15, 0.2) is 0 Å². The van der Waals surface area contributed by atoms with Crippen molar-refractivity contribution in [1.29, 1.82) is 0 Å². The van der Waals surface area contributed by atoms with E-state index in [4.69, 9.17) is 11.6 Å². The van der Waals surface area contributed by atoms with Gasteiger partial charge in [0.1, 0.15) is 10.6 Å². The van der Waals surface area contributed by atoms with E-state index in [1.165, 1.54) is 12.1 Å². The summed E-state index contributed by atoms with van der Waals surface area (Å²) in [7, 11) is 3.92. The lowest BCUT2D eigenvalue weighted by atomic mass is 10.1. The molecular formula is C13H16ClN3O3. The first-order valence-corrected chi connectivity index (χ1v) is 6.68. The van der Waals surface area contributed by atoms with Crippen molar-refractivity contribution in [1.82, 2.24) is 9.80 Å². The summed E-state index contributed by atoms with van der Waals surface area (Å²) in [6.07, 6.45) is 0.868. The molecule has 1 amide bonds. The number of likely N-dealkylation sites (N-methyl/N-ethyl adjacent to an activating group) is 1. The lowest BCUT2D eigenvalue weighted by Crippen LogP contribution is -2.34. The SMILES string of the molecule is CN(C)C1CCN(C(=O)c2cccc(Cl)c2[N+](=O)[O-])C1. The van der Waals surface area contributed by atoms with Crippen LogP contribution in [-0.4, -0.2) is 53.9 Å². The molecule has 7 heteroatoms. The fraction of sp³-hybridized carbons (Fsp3) is 0.462. The number of halogens is 1. The Morgan fingerprint density at radius 1 is 1.50 bits per heavy atom. The first-order chi connectivity index (χ1) is 9.41. The molecule has 2 rings (SSSR count). The van der Waals surface area contributed by atoms with Gasteiger partial charge in [0.25, 0.3) is 5.91 Å². The highest BCUT2D eigenvalue weighted by Crippen LogP contribution is 2.30. The summed E-state index contributed by atoms with van der Waals surface area (Å²) in [4.78, 5) is 26.6. The van der Waals surface area contributed by atoms with E-state index in [1.54, 1.807) is 11.0 Å². The Balaban J connectivity index is 2.27. The normalized spacial score (nSPS) is 18.6. The highest BCUT2D eigenvalue weighted by molar-refractivity contribution is 6.33. The van der Waals surface area contributed by atoms with Crippen molar-refractivity contribution in [2.45, 2.75) is 12.5 Å². The Kier molecular flexibility index (Phi) is 4.25. The fourth-order valence-corrected chi connectivity index (χ4v) is 2.64. The third-order valence-corrected chi connectivity index (χ3v) is 3.89. The molecule has 0 aromatic heterocycles. The third-order valence-electron chi connectivity index (χ3n) is 3.58. The van der Waals surface area contributed by atoms with Gasteiger partial charge in [-0.05, 0) is 32.6 Å². The molecule has 1 heterocycles. The summed E-state index contributed by atoms with van der Waals surface area (Å²) < 4.78 is 0. The number of benzene rings is 1. The summed E-state index contributed by atoms with van der Waals surface area (Å²) in [6.45, 7) is 1.18. The van der Waals surface area contributed by atoms with Crippen LogP contribution in [-0.2, 0) is 0 Å². The van der Waals surface area contributed by atoms with E-state index in [2.05, 4.69) is 4.90 Å². The molecule has 0 bridgehead atoms. The van der Waals surface area contributed by atoms with Gasteiger partial charge in [-0.15, -0.1) is 0 Å². The quantitative estimate of drug-likeness (QED) is 0.632. The molecule has 1 aromatic carbocycles. The highest BCUT2D eigenvalue weighted by atomic mass is 35.5. The van der Waals surface area contributed by atoms with E-state index in [9.17, 15) is 14.9 Å². The summed E-state index contributed by atoms with van der Waals surface area (Å²) in [6, 6.07) is 4.72. The maximum absolute atomic E-state index is 12.4. The van der Waals surface area contributed by atoms with E-state index in [0.29, 0.717) is 13.1 Å². The molecule has 1 fully saturated rings. The van der Waals surface area contributed by atoms with E-state index >= 15 is 0 Å². The predicted octanol–water partition coefficient (Wildman–Crippen LogP) is 2.02. The number of amides is 1. The molecule has 0 aliphatic carbocycles. The molecule has 0 saturated carbocycles. The van der Waals surface area contributed by atoms with Crippen molar-refractivity contribution in [2.24, 2.45) is 0 Å². The zero-order chi connectivity index (χ0) is 14.9.